The largest absolute Gasteiger partial charge is 0.394 e. The maximum atomic E-state index is 8.53. The van der Waals surface area contributed by atoms with Crippen molar-refractivity contribution < 1.29 is 24.1 Å². The number of hydrogen-bond acceptors (Lipinski definition) is 9. The van der Waals surface area contributed by atoms with Gasteiger partial charge in [0, 0.05) is 6.54 Å². The molecule has 2 heterocycles. The van der Waals surface area contributed by atoms with Crippen LogP contribution in [0.5, 0.6) is 0 Å². The fourth-order valence-electron chi connectivity index (χ4n) is 2.08. The van der Waals surface area contributed by atoms with E-state index in [4.69, 9.17) is 41.4 Å². The van der Waals surface area contributed by atoms with Crippen molar-refractivity contribution in [1.82, 2.24) is 19.5 Å². The normalized spacial score (nSPS) is 11.5. The molecule has 0 fully saturated rings. The number of nitrogen functional groups attached to an aromatic ring is 1. The zero-order chi connectivity index (χ0) is 18.6. The number of nitrogens with two attached hydrogens (primary N) is 1. The Morgan fingerprint density at radius 3 is 2.12 bits per heavy atom. The zero-order valence-electron chi connectivity index (χ0n) is 14.5. The van der Waals surface area contributed by atoms with Crippen LogP contribution in [0.15, 0.2) is 6.33 Å². The van der Waals surface area contributed by atoms with E-state index in [-0.39, 0.29) is 17.7 Å². The van der Waals surface area contributed by atoms with E-state index in [0.717, 1.165) is 0 Å². The first-order chi connectivity index (χ1) is 12.7. The molecule has 0 unspecified atom stereocenters. The average molecular weight is 390 g/mol. The number of aromatic nitrogens is 4. The number of halogens is 1. The number of aliphatic hydroxyl groups excluding tert-OH is 1. The van der Waals surface area contributed by atoms with Gasteiger partial charge < -0.3 is 34.4 Å². The first-order valence-electron chi connectivity index (χ1n) is 8.28. The van der Waals surface area contributed by atoms with E-state index in [2.05, 4.69) is 15.0 Å². The Morgan fingerprint density at radius 2 is 1.50 bits per heavy atom. The van der Waals surface area contributed by atoms with Gasteiger partial charge in [0.25, 0.3) is 0 Å². The Hall–Kier alpha value is -1.56. The van der Waals surface area contributed by atoms with Crippen LogP contribution < -0.4 is 5.73 Å². The molecule has 0 aliphatic carbocycles. The maximum Gasteiger partial charge on any atom is 0.223 e. The third kappa shape index (κ3) is 6.98. The maximum absolute atomic E-state index is 8.53. The van der Waals surface area contributed by atoms with Gasteiger partial charge in [-0.15, -0.1) is 0 Å². The molecule has 2 aromatic rings. The third-order valence-corrected chi connectivity index (χ3v) is 3.53. The van der Waals surface area contributed by atoms with Crippen molar-refractivity contribution in [3.8, 4) is 0 Å². The molecule has 0 bridgehead atoms. The van der Waals surface area contributed by atoms with E-state index in [0.29, 0.717) is 70.6 Å². The Balaban J connectivity index is 1.50. The molecule has 10 nitrogen and oxygen atoms in total. The first kappa shape index (κ1) is 20.7. The van der Waals surface area contributed by atoms with Crippen LogP contribution in [0.2, 0.25) is 5.15 Å². The van der Waals surface area contributed by atoms with E-state index in [1.54, 1.807) is 6.33 Å². The summed E-state index contributed by atoms with van der Waals surface area (Å²) < 4.78 is 23.1. The highest BCUT2D eigenvalue weighted by molar-refractivity contribution is 6.33. The summed E-state index contributed by atoms with van der Waals surface area (Å²) in [5.41, 5.74) is 6.71. The molecule has 0 spiro atoms. The van der Waals surface area contributed by atoms with Gasteiger partial charge in [0.1, 0.15) is 5.52 Å². The smallest absolute Gasteiger partial charge is 0.223 e. The van der Waals surface area contributed by atoms with Crippen LogP contribution in [0, 0.1) is 0 Å². The van der Waals surface area contributed by atoms with Gasteiger partial charge >= 0.3 is 0 Å². The lowest BCUT2D eigenvalue weighted by Crippen LogP contribution is -2.13. The second kappa shape index (κ2) is 11.9. The van der Waals surface area contributed by atoms with Crippen LogP contribution in [0.25, 0.3) is 11.2 Å². The molecule has 0 aromatic carbocycles. The van der Waals surface area contributed by atoms with Crippen LogP contribution in [-0.4, -0.2) is 84.1 Å². The number of nitrogens with zero attached hydrogens (tertiary/aromatic N) is 4. The van der Waals surface area contributed by atoms with Gasteiger partial charge in [0.05, 0.1) is 65.8 Å². The molecule has 0 atom stereocenters. The van der Waals surface area contributed by atoms with Gasteiger partial charge in [-0.05, 0) is 0 Å². The predicted octanol–water partition coefficient (Wildman–Crippen LogP) is 0.121. The summed E-state index contributed by atoms with van der Waals surface area (Å²) in [6, 6.07) is 0. The molecule has 26 heavy (non-hydrogen) atoms. The van der Waals surface area contributed by atoms with Crippen molar-refractivity contribution in [3.05, 3.63) is 11.5 Å². The van der Waals surface area contributed by atoms with Crippen molar-refractivity contribution in [2.75, 3.05) is 65.2 Å². The van der Waals surface area contributed by atoms with Crippen molar-refractivity contribution in [3.63, 3.8) is 0 Å². The van der Waals surface area contributed by atoms with Crippen molar-refractivity contribution in [2.45, 2.75) is 6.54 Å². The molecule has 0 aliphatic heterocycles. The SMILES string of the molecule is Nc1nc(Cl)c2ncn(CCOCCOCCOCCOCCO)c2n1. The number of rotatable bonds is 14. The number of ether oxygens (including phenoxy) is 4. The monoisotopic (exact) mass is 389 g/mol. The van der Waals surface area contributed by atoms with E-state index in [1.807, 2.05) is 4.57 Å². The molecule has 11 heteroatoms. The van der Waals surface area contributed by atoms with Crippen molar-refractivity contribution >= 4 is 28.7 Å². The summed E-state index contributed by atoms with van der Waals surface area (Å²) in [5, 5.41) is 8.77. The average Bonchev–Trinajstić information content (AvgIpc) is 3.02. The van der Waals surface area contributed by atoms with Gasteiger partial charge in [0.2, 0.25) is 5.95 Å². The van der Waals surface area contributed by atoms with Gasteiger partial charge in [0.15, 0.2) is 10.8 Å². The molecular formula is C15H24ClN5O5. The molecule has 2 aromatic heterocycles. The quantitative estimate of drug-likeness (QED) is 0.342. The Bertz CT molecular complexity index is 657. The third-order valence-electron chi connectivity index (χ3n) is 3.27. The molecule has 0 radical (unpaired) electrons. The van der Waals surface area contributed by atoms with E-state index in [1.165, 1.54) is 0 Å². The number of fused-ring (bicyclic) bond motifs is 1. The van der Waals surface area contributed by atoms with Gasteiger partial charge in [-0.25, -0.2) is 4.98 Å². The van der Waals surface area contributed by atoms with E-state index < -0.39 is 0 Å². The molecule has 0 saturated carbocycles. The zero-order valence-corrected chi connectivity index (χ0v) is 15.2. The Kier molecular flexibility index (Phi) is 9.53. The number of hydrogen-bond donors (Lipinski definition) is 2. The molecule has 3 N–H and O–H groups in total. The standard InChI is InChI=1S/C15H24ClN5O5/c16-13-12-14(20-15(17)19-13)21(11-18-12)1-3-23-5-7-25-9-10-26-8-6-24-4-2-22/h11,22H,1-10H2,(H2,17,19,20). The Morgan fingerprint density at radius 1 is 0.923 bits per heavy atom. The topological polar surface area (TPSA) is 127 Å². The van der Waals surface area contributed by atoms with Gasteiger partial charge in [-0.2, -0.15) is 9.97 Å². The summed E-state index contributed by atoms with van der Waals surface area (Å²) >= 11 is 5.98. The highest BCUT2D eigenvalue weighted by Gasteiger charge is 2.10. The fraction of sp³-hybridized carbons (Fsp3) is 0.667. The minimum absolute atomic E-state index is 0.0235. The second-order valence-corrected chi connectivity index (χ2v) is 5.51. The highest BCUT2D eigenvalue weighted by atomic mass is 35.5. The van der Waals surface area contributed by atoms with Crippen molar-refractivity contribution in [2.24, 2.45) is 0 Å². The summed E-state index contributed by atoms with van der Waals surface area (Å²) in [6.07, 6.45) is 1.63. The number of anilines is 1. The van der Waals surface area contributed by atoms with Crippen molar-refractivity contribution in [1.29, 1.82) is 0 Å². The predicted molar refractivity (Wildman–Crippen MR) is 95.1 cm³/mol. The summed E-state index contributed by atoms with van der Waals surface area (Å²) in [7, 11) is 0. The van der Waals surface area contributed by atoms with Crippen LogP contribution in [0.3, 0.4) is 0 Å². The summed E-state index contributed by atoms with van der Waals surface area (Å²) in [6.45, 7) is 4.30. The highest BCUT2D eigenvalue weighted by Crippen LogP contribution is 2.19. The molecule has 0 amide bonds. The molecule has 0 saturated heterocycles. The van der Waals surface area contributed by atoms with E-state index in [9.17, 15) is 0 Å². The number of aliphatic hydroxyl groups is 1. The minimum Gasteiger partial charge on any atom is -0.394 e. The van der Waals surface area contributed by atoms with E-state index >= 15 is 0 Å². The lowest BCUT2D eigenvalue weighted by molar-refractivity contribution is -0.00605. The van der Waals surface area contributed by atoms with Crippen LogP contribution in [0.1, 0.15) is 0 Å². The minimum atomic E-state index is 0.0235. The molecule has 0 aliphatic rings. The first-order valence-corrected chi connectivity index (χ1v) is 8.66. The van der Waals surface area contributed by atoms with Crippen LogP contribution >= 0.6 is 11.6 Å². The lowest BCUT2D eigenvalue weighted by atomic mass is 10.5. The molecular weight excluding hydrogens is 366 g/mol. The van der Waals surface area contributed by atoms with Gasteiger partial charge in [-0.1, -0.05) is 11.6 Å². The second-order valence-electron chi connectivity index (χ2n) is 5.16. The molecule has 2 rings (SSSR count). The Labute approximate surface area is 156 Å². The number of imidazole rings is 1. The summed E-state index contributed by atoms with van der Waals surface area (Å²) in [5.74, 6) is 0.112. The lowest BCUT2D eigenvalue weighted by Gasteiger charge is -2.08. The van der Waals surface area contributed by atoms with Gasteiger partial charge in [-0.3, -0.25) is 0 Å². The summed E-state index contributed by atoms with van der Waals surface area (Å²) in [4.78, 5) is 12.2. The molecule has 146 valence electrons. The fourth-order valence-corrected chi connectivity index (χ4v) is 2.30. The van der Waals surface area contributed by atoms with Crippen LogP contribution in [0.4, 0.5) is 5.95 Å². The van der Waals surface area contributed by atoms with Crippen LogP contribution in [-0.2, 0) is 25.5 Å².